The molecule has 9 nitrogen and oxygen atoms in total. The molecular formula is C27H31ClN4O5. The van der Waals surface area contributed by atoms with E-state index in [4.69, 9.17) is 31.8 Å². The van der Waals surface area contributed by atoms with Gasteiger partial charge in [-0.1, -0.05) is 25.4 Å². The third-order valence-corrected chi connectivity index (χ3v) is 7.88. The minimum absolute atomic E-state index is 0.0480. The number of halogens is 1. The Morgan fingerprint density at radius 3 is 2.65 bits per heavy atom. The van der Waals surface area contributed by atoms with Crippen LogP contribution in [0.4, 0.5) is 0 Å². The average Bonchev–Trinajstić information content (AvgIpc) is 2.89. The summed E-state index contributed by atoms with van der Waals surface area (Å²) in [5, 5.41) is 14.0. The summed E-state index contributed by atoms with van der Waals surface area (Å²) in [4.78, 5) is 32.9. The summed E-state index contributed by atoms with van der Waals surface area (Å²) in [6.07, 6.45) is 1.32. The summed E-state index contributed by atoms with van der Waals surface area (Å²) in [5.41, 5.74) is 7.56. The number of rotatable bonds is 5. The summed E-state index contributed by atoms with van der Waals surface area (Å²) in [6, 6.07) is 9.12. The van der Waals surface area contributed by atoms with Crippen molar-refractivity contribution < 1.29 is 24.2 Å². The average molecular weight is 527 g/mol. The number of hydrogen-bond donors (Lipinski definition) is 3. The van der Waals surface area contributed by atoms with Gasteiger partial charge < -0.3 is 25.6 Å². The predicted octanol–water partition coefficient (Wildman–Crippen LogP) is 3.49. The van der Waals surface area contributed by atoms with Crippen molar-refractivity contribution in [1.29, 1.82) is 0 Å². The molecule has 0 aromatic heterocycles. The topological polar surface area (TPSA) is 126 Å². The van der Waals surface area contributed by atoms with Gasteiger partial charge in [-0.05, 0) is 49.2 Å². The largest absolute Gasteiger partial charge is 0.493 e. The zero-order valence-electron chi connectivity index (χ0n) is 20.9. The van der Waals surface area contributed by atoms with Gasteiger partial charge in [0.25, 0.3) is 5.91 Å². The molecule has 4 N–H and O–H groups in total. The van der Waals surface area contributed by atoms with E-state index in [0.717, 1.165) is 12.8 Å². The zero-order valence-corrected chi connectivity index (χ0v) is 21.6. The SMILES string of the molecule is CCC1(CC)CC(=O)N([C@@H]2CCOc3ccc(C(=O)N[C@@H]4c5cc(Cl)ccc5OC[C@H]4O)cc32)C(N)=N1. The normalized spacial score (nSPS) is 24.2. The highest BCUT2D eigenvalue weighted by molar-refractivity contribution is 6.30. The van der Waals surface area contributed by atoms with Gasteiger partial charge in [0.2, 0.25) is 5.91 Å². The van der Waals surface area contributed by atoms with Crippen LogP contribution < -0.4 is 20.5 Å². The fourth-order valence-electron chi connectivity index (χ4n) is 5.38. The van der Waals surface area contributed by atoms with Gasteiger partial charge >= 0.3 is 0 Å². The van der Waals surface area contributed by atoms with E-state index in [1.54, 1.807) is 41.3 Å². The lowest BCUT2D eigenvalue weighted by molar-refractivity contribution is -0.132. The van der Waals surface area contributed by atoms with Crippen molar-refractivity contribution in [2.24, 2.45) is 10.7 Å². The standard InChI is InChI=1S/C27H31ClN4O5/c1-3-27(4-2)13-23(34)32(26(29)31-27)19-9-10-36-21-7-5-15(11-17(19)21)25(35)30-24-18-12-16(28)6-8-22(18)37-14-20(24)33/h5-8,11-12,19-20,24,33H,3-4,9-10,13-14H2,1-2H3,(H2,29,31)(H,30,35)/t19-,20-,24-/m1/s1. The van der Waals surface area contributed by atoms with E-state index in [0.29, 0.717) is 46.2 Å². The molecule has 2 aromatic carbocycles. The predicted molar refractivity (Wildman–Crippen MR) is 139 cm³/mol. The molecule has 2 amide bonds. The molecule has 2 aromatic rings. The Kier molecular flexibility index (Phi) is 6.76. The molecule has 0 fully saturated rings. The van der Waals surface area contributed by atoms with Crippen molar-refractivity contribution in [2.75, 3.05) is 13.2 Å². The summed E-state index contributed by atoms with van der Waals surface area (Å²) in [6.45, 7) is 4.49. The van der Waals surface area contributed by atoms with E-state index in [9.17, 15) is 14.7 Å². The van der Waals surface area contributed by atoms with E-state index in [1.807, 2.05) is 13.8 Å². The Morgan fingerprint density at radius 2 is 1.92 bits per heavy atom. The van der Waals surface area contributed by atoms with Crippen LogP contribution in [0.1, 0.15) is 73.1 Å². The third kappa shape index (κ3) is 4.62. The number of ether oxygens (including phenoxy) is 2. The molecule has 0 saturated carbocycles. The number of amides is 2. The van der Waals surface area contributed by atoms with Crippen LogP contribution in [0.3, 0.4) is 0 Å². The summed E-state index contributed by atoms with van der Waals surface area (Å²) in [7, 11) is 0. The quantitative estimate of drug-likeness (QED) is 0.547. The molecular weight excluding hydrogens is 496 g/mol. The number of carbonyl (C=O) groups is 2. The number of aliphatic hydroxyl groups is 1. The molecule has 10 heteroatoms. The van der Waals surface area contributed by atoms with E-state index < -0.39 is 23.7 Å². The first-order chi connectivity index (χ1) is 17.7. The maximum atomic E-state index is 13.3. The first kappa shape index (κ1) is 25.4. The Morgan fingerprint density at radius 1 is 1.19 bits per heavy atom. The van der Waals surface area contributed by atoms with E-state index >= 15 is 0 Å². The summed E-state index contributed by atoms with van der Waals surface area (Å²) >= 11 is 6.16. The van der Waals surface area contributed by atoms with Gasteiger partial charge in [-0.25, -0.2) is 4.99 Å². The van der Waals surface area contributed by atoms with E-state index in [2.05, 4.69) is 5.32 Å². The number of hydrogen-bond acceptors (Lipinski definition) is 7. The maximum absolute atomic E-state index is 13.3. The van der Waals surface area contributed by atoms with Crippen LogP contribution in [0.25, 0.3) is 0 Å². The van der Waals surface area contributed by atoms with Gasteiger partial charge in [-0.2, -0.15) is 0 Å². The zero-order chi connectivity index (χ0) is 26.3. The number of benzene rings is 2. The van der Waals surface area contributed by atoms with E-state index in [1.165, 1.54) is 0 Å². The van der Waals surface area contributed by atoms with Gasteiger partial charge in [-0.15, -0.1) is 0 Å². The van der Waals surface area contributed by atoms with Crippen molar-refractivity contribution in [3.63, 3.8) is 0 Å². The molecule has 3 aliphatic rings. The monoisotopic (exact) mass is 526 g/mol. The number of aliphatic imine (C=N–C) groups is 1. The number of nitrogens with two attached hydrogens (primary N) is 1. The van der Waals surface area contributed by atoms with Crippen LogP contribution >= 0.6 is 11.6 Å². The van der Waals surface area contributed by atoms with E-state index in [-0.39, 0.29) is 30.8 Å². The number of aliphatic hydroxyl groups excluding tert-OH is 1. The first-order valence-corrected chi connectivity index (χ1v) is 13.0. The van der Waals surface area contributed by atoms with Crippen molar-refractivity contribution in [2.45, 2.75) is 63.3 Å². The molecule has 5 rings (SSSR count). The first-order valence-electron chi connectivity index (χ1n) is 12.6. The van der Waals surface area contributed by atoms with Crippen LogP contribution in [0, 0.1) is 0 Å². The summed E-state index contributed by atoms with van der Waals surface area (Å²) < 4.78 is 11.4. The fourth-order valence-corrected chi connectivity index (χ4v) is 5.56. The Bertz CT molecular complexity index is 1260. The molecule has 0 radical (unpaired) electrons. The molecule has 0 unspecified atom stereocenters. The Balaban J connectivity index is 1.44. The lowest BCUT2D eigenvalue weighted by atomic mass is 9.87. The van der Waals surface area contributed by atoms with Crippen molar-refractivity contribution in [3.05, 3.63) is 58.1 Å². The highest BCUT2D eigenvalue weighted by Crippen LogP contribution is 2.40. The third-order valence-electron chi connectivity index (χ3n) is 7.64. The highest BCUT2D eigenvalue weighted by atomic mass is 35.5. The molecule has 0 spiro atoms. The molecule has 0 bridgehead atoms. The van der Waals surface area contributed by atoms with Gasteiger partial charge in [0.15, 0.2) is 5.96 Å². The number of carbonyl (C=O) groups excluding carboxylic acids is 2. The Hall–Kier alpha value is -3.30. The molecule has 0 saturated heterocycles. The number of nitrogens with zero attached hydrogens (tertiary/aromatic N) is 2. The van der Waals surface area contributed by atoms with Gasteiger partial charge in [0, 0.05) is 28.1 Å². The van der Waals surface area contributed by atoms with Crippen molar-refractivity contribution in [1.82, 2.24) is 10.2 Å². The lowest BCUT2D eigenvalue weighted by Crippen LogP contribution is -2.53. The number of fused-ring (bicyclic) bond motifs is 2. The summed E-state index contributed by atoms with van der Waals surface area (Å²) in [5.74, 6) is 0.896. The molecule has 196 valence electrons. The second kappa shape index (κ2) is 9.87. The van der Waals surface area contributed by atoms with Crippen LogP contribution in [0.2, 0.25) is 5.02 Å². The maximum Gasteiger partial charge on any atom is 0.251 e. The van der Waals surface area contributed by atoms with Gasteiger partial charge in [-0.3, -0.25) is 14.5 Å². The van der Waals surface area contributed by atoms with Crippen LogP contribution in [0.15, 0.2) is 41.4 Å². The molecule has 3 aliphatic heterocycles. The highest BCUT2D eigenvalue weighted by Gasteiger charge is 2.42. The minimum Gasteiger partial charge on any atom is -0.493 e. The minimum atomic E-state index is -0.942. The molecule has 37 heavy (non-hydrogen) atoms. The van der Waals surface area contributed by atoms with Crippen molar-refractivity contribution in [3.8, 4) is 11.5 Å². The smallest absolute Gasteiger partial charge is 0.251 e. The van der Waals surface area contributed by atoms with Crippen molar-refractivity contribution >= 4 is 29.4 Å². The van der Waals surface area contributed by atoms with Crippen LogP contribution in [-0.2, 0) is 4.79 Å². The van der Waals surface area contributed by atoms with Gasteiger partial charge in [0.1, 0.15) is 24.2 Å². The fraction of sp³-hybridized carbons (Fsp3) is 0.444. The van der Waals surface area contributed by atoms with Gasteiger partial charge in [0.05, 0.1) is 30.7 Å². The van der Waals surface area contributed by atoms with Crippen LogP contribution in [0.5, 0.6) is 11.5 Å². The second-order valence-electron chi connectivity index (χ2n) is 9.76. The second-order valence-corrected chi connectivity index (χ2v) is 10.2. The number of guanidine groups is 1. The molecule has 3 heterocycles. The molecule has 0 aliphatic carbocycles. The lowest BCUT2D eigenvalue weighted by Gasteiger charge is -2.41. The number of nitrogens with one attached hydrogen (secondary N) is 1. The molecule has 3 atom stereocenters. The van der Waals surface area contributed by atoms with Crippen LogP contribution in [-0.4, -0.2) is 52.6 Å². The Labute approximate surface area is 220 Å².